The van der Waals surface area contributed by atoms with Crippen molar-refractivity contribution in [2.24, 2.45) is 5.73 Å². The van der Waals surface area contributed by atoms with Crippen molar-refractivity contribution in [3.05, 3.63) is 0 Å². The Bertz CT molecular complexity index is 330. The third kappa shape index (κ3) is 3.91. The van der Waals surface area contributed by atoms with Gasteiger partial charge in [-0.15, -0.1) is 0 Å². The fraction of sp³-hybridized carbons (Fsp3) is 1.00. The van der Waals surface area contributed by atoms with Crippen LogP contribution in [0.3, 0.4) is 0 Å². The van der Waals surface area contributed by atoms with Crippen molar-refractivity contribution in [3.8, 4) is 0 Å². The zero-order valence-corrected chi connectivity index (χ0v) is 12.5. The van der Waals surface area contributed by atoms with Crippen LogP contribution in [-0.2, 0) is 10.2 Å². The van der Waals surface area contributed by atoms with E-state index < -0.39 is 10.2 Å². The lowest BCUT2D eigenvalue weighted by Gasteiger charge is -2.37. The maximum absolute atomic E-state index is 12.5. The van der Waals surface area contributed by atoms with Crippen LogP contribution in [0, 0.1) is 0 Å². The standard InChI is InChI=1S/C12H27N3O2S/c1-3-7-12-8-4-5-11-15(12)18(16,17)14(2)10-6-9-13/h12H,3-11,13H2,1-2H3. The molecule has 1 unspecified atom stereocenters. The predicted molar refractivity (Wildman–Crippen MR) is 74.5 cm³/mol. The van der Waals surface area contributed by atoms with Crippen LogP contribution in [0.15, 0.2) is 0 Å². The molecule has 6 heteroatoms. The molecule has 0 bridgehead atoms. The van der Waals surface area contributed by atoms with E-state index in [4.69, 9.17) is 5.73 Å². The van der Waals surface area contributed by atoms with E-state index in [9.17, 15) is 8.42 Å². The summed E-state index contributed by atoms with van der Waals surface area (Å²) in [4.78, 5) is 0. The lowest BCUT2D eigenvalue weighted by atomic mass is 10.0. The van der Waals surface area contributed by atoms with Crippen LogP contribution >= 0.6 is 0 Å². The fourth-order valence-corrected chi connectivity index (χ4v) is 4.17. The Kier molecular flexibility index (Phi) is 6.55. The highest BCUT2D eigenvalue weighted by molar-refractivity contribution is 7.86. The van der Waals surface area contributed by atoms with Crippen molar-refractivity contribution in [1.29, 1.82) is 0 Å². The van der Waals surface area contributed by atoms with Crippen LogP contribution in [0.5, 0.6) is 0 Å². The molecule has 0 aromatic rings. The van der Waals surface area contributed by atoms with Crippen molar-refractivity contribution in [2.75, 3.05) is 26.7 Å². The molecule has 0 radical (unpaired) electrons. The molecule has 1 heterocycles. The minimum absolute atomic E-state index is 0.189. The summed E-state index contributed by atoms with van der Waals surface area (Å²) in [6.07, 6.45) is 5.82. The highest BCUT2D eigenvalue weighted by atomic mass is 32.2. The average Bonchev–Trinajstić information content (AvgIpc) is 2.36. The molecular weight excluding hydrogens is 250 g/mol. The summed E-state index contributed by atoms with van der Waals surface area (Å²) >= 11 is 0. The van der Waals surface area contributed by atoms with Gasteiger partial charge < -0.3 is 5.73 Å². The largest absolute Gasteiger partial charge is 0.330 e. The predicted octanol–water partition coefficient (Wildman–Crippen LogP) is 1.17. The second-order valence-electron chi connectivity index (χ2n) is 5.02. The lowest BCUT2D eigenvalue weighted by molar-refractivity contribution is 0.224. The second kappa shape index (κ2) is 7.43. The quantitative estimate of drug-likeness (QED) is 0.759. The van der Waals surface area contributed by atoms with Crippen molar-refractivity contribution in [2.45, 2.75) is 51.5 Å². The maximum atomic E-state index is 12.5. The molecule has 1 aliphatic rings. The molecule has 1 aliphatic heterocycles. The lowest BCUT2D eigenvalue weighted by Crippen LogP contribution is -2.49. The zero-order valence-electron chi connectivity index (χ0n) is 11.6. The van der Waals surface area contributed by atoms with Gasteiger partial charge in [0.15, 0.2) is 0 Å². The molecular formula is C12H27N3O2S. The van der Waals surface area contributed by atoms with E-state index in [0.717, 1.165) is 32.1 Å². The molecule has 18 heavy (non-hydrogen) atoms. The molecule has 0 amide bonds. The summed E-state index contributed by atoms with van der Waals surface area (Å²) < 4.78 is 28.1. The van der Waals surface area contributed by atoms with E-state index in [2.05, 4.69) is 6.92 Å². The van der Waals surface area contributed by atoms with Crippen molar-refractivity contribution in [1.82, 2.24) is 8.61 Å². The number of piperidine rings is 1. The molecule has 1 atom stereocenters. The number of rotatable bonds is 7. The molecule has 1 saturated heterocycles. The van der Waals surface area contributed by atoms with Gasteiger partial charge in [-0.05, 0) is 32.2 Å². The van der Waals surface area contributed by atoms with Gasteiger partial charge >= 0.3 is 0 Å². The third-order valence-corrected chi connectivity index (χ3v) is 5.61. The van der Waals surface area contributed by atoms with E-state index in [1.54, 1.807) is 11.4 Å². The summed E-state index contributed by atoms with van der Waals surface area (Å²) in [5, 5.41) is 0. The average molecular weight is 277 g/mol. The highest BCUT2D eigenvalue weighted by Gasteiger charge is 2.34. The molecule has 2 N–H and O–H groups in total. The molecule has 0 aromatic carbocycles. The van der Waals surface area contributed by atoms with E-state index in [-0.39, 0.29) is 6.04 Å². The van der Waals surface area contributed by atoms with Gasteiger partial charge in [-0.25, -0.2) is 0 Å². The number of nitrogens with zero attached hydrogens (tertiary/aromatic N) is 2. The minimum atomic E-state index is -3.29. The summed E-state index contributed by atoms with van der Waals surface area (Å²) in [5.41, 5.74) is 5.44. The summed E-state index contributed by atoms with van der Waals surface area (Å²) in [6, 6.07) is 0.189. The number of hydrogen-bond donors (Lipinski definition) is 1. The van der Waals surface area contributed by atoms with Gasteiger partial charge in [0.05, 0.1) is 0 Å². The molecule has 0 aliphatic carbocycles. The monoisotopic (exact) mass is 277 g/mol. The summed E-state index contributed by atoms with van der Waals surface area (Å²) in [6.45, 7) is 3.81. The Hall–Kier alpha value is -0.170. The van der Waals surface area contributed by atoms with E-state index in [0.29, 0.717) is 26.1 Å². The van der Waals surface area contributed by atoms with E-state index in [1.807, 2.05) is 0 Å². The van der Waals surface area contributed by atoms with Crippen LogP contribution < -0.4 is 5.73 Å². The molecule has 1 fully saturated rings. The van der Waals surface area contributed by atoms with Crippen molar-refractivity contribution < 1.29 is 8.42 Å². The summed E-state index contributed by atoms with van der Waals surface area (Å²) in [5.74, 6) is 0. The maximum Gasteiger partial charge on any atom is 0.281 e. The normalized spacial score (nSPS) is 22.6. The smallest absolute Gasteiger partial charge is 0.281 e. The number of hydrogen-bond acceptors (Lipinski definition) is 3. The first-order chi connectivity index (χ1) is 8.54. The van der Waals surface area contributed by atoms with Gasteiger partial charge in [0.2, 0.25) is 0 Å². The third-order valence-electron chi connectivity index (χ3n) is 3.56. The van der Waals surface area contributed by atoms with E-state index in [1.165, 1.54) is 4.31 Å². The van der Waals surface area contributed by atoms with Crippen LogP contribution in [-0.4, -0.2) is 49.8 Å². The van der Waals surface area contributed by atoms with Gasteiger partial charge in [-0.3, -0.25) is 0 Å². The van der Waals surface area contributed by atoms with Crippen LogP contribution in [0.4, 0.5) is 0 Å². The Balaban J connectivity index is 2.73. The Morgan fingerprint density at radius 3 is 2.72 bits per heavy atom. The second-order valence-corrected chi connectivity index (χ2v) is 7.01. The summed E-state index contributed by atoms with van der Waals surface area (Å²) in [7, 11) is -1.64. The SMILES string of the molecule is CCCC1CCCCN1S(=O)(=O)N(C)CCCN. The number of nitrogens with two attached hydrogens (primary N) is 1. The van der Waals surface area contributed by atoms with Gasteiger partial charge in [0.25, 0.3) is 10.2 Å². The molecule has 0 spiro atoms. The zero-order chi connectivity index (χ0) is 13.6. The van der Waals surface area contributed by atoms with Crippen LogP contribution in [0.25, 0.3) is 0 Å². The van der Waals surface area contributed by atoms with Crippen molar-refractivity contribution in [3.63, 3.8) is 0 Å². The first kappa shape index (κ1) is 15.9. The molecule has 5 nitrogen and oxygen atoms in total. The molecule has 108 valence electrons. The Labute approximate surface area is 112 Å². The van der Waals surface area contributed by atoms with Crippen molar-refractivity contribution >= 4 is 10.2 Å². The molecule has 0 saturated carbocycles. The first-order valence-corrected chi connectivity index (χ1v) is 8.37. The first-order valence-electron chi connectivity index (χ1n) is 6.97. The van der Waals surface area contributed by atoms with Gasteiger partial charge in [0.1, 0.15) is 0 Å². The van der Waals surface area contributed by atoms with Crippen LogP contribution in [0.1, 0.15) is 45.4 Å². The van der Waals surface area contributed by atoms with Crippen LogP contribution in [0.2, 0.25) is 0 Å². The van der Waals surface area contributed by atoms with E-state index >= 15 is 0 Å². The van der Waals surface area contributed by atoms with Gasteiger partial charge in [0, 0.05) is 26.2 Å². The minimum Gasteiger partial charge on any atom is -0.330 e. The van der Waals surface area contributed by atoms with Gasteiger partial charge in [-0.2, -0.15) is 17.0 Å². The Morgan fingerprint density at radius 2 is 2.11 bits per heavy atom. The molecule has 1 rings (SSSR count). The van der Waals surface area contributed by atoms with Gasteiger partial charge in [-0.1, -0.05) is 19.8 Å². The fourth-order valence-electron chi connectivity index (χ4n) is 2.51. The topological polar surface area (TPSA) is 66.6 Å². The molecule has 0 aromatic heterocycles. The highest BCUT2D eigenvalue weighted by Crippen LogP contribution is 2.25. The Morgan fingerprint density at radius 1 is 1.39 bits per heavy atom.